The van der Waals surface area contributed by atoms with Crippen LogP contribution < -0.4 is 0 Å². The highest BCUT2D eigenvalue weighted by molar-refractivity contribution is 9.12. The molecule has 0 aromatic carbocycles. The predicted molar refractivity (Wildman–Crippen MR) is 55.1 cm³/mol. The van der Waals surface area contributed by atoms with Crippen molar-refractivity contribution in [2.75, 3.05) is 13.3 Å². The quantitative estimate of drug-likeness (QED) is 0.298. The van der Waals surface area contributed by atoms with Crippen LogP contribution >= 0.6 is 31.9 Å². The van der Waals surface area contributed by atoms with Gasteiger partial charge in [0.1, 0.15) is 11.7 Å². The van der Waals surface area contributed by atoms with Crippen molar-refractivity contribution in [3.05, 3.63) is 20.2 Å². The van der Waals surface area contributed by atoms with Crippen LogP contribution in [0.1, 0.15) is 0 Å². The first-order chi connectivity index (χ1) is 6.90. The van der Waals surface area contributed by atoms with Gasteiger partial charge in [-0.15, -0.1) is 0 Å². The fourth-order valence-corrected chi connectivity index (χ4v) is 0.998. The third-order valence-corrected chi connectivity index (χ3v) is 3.66. The van der Waals surface area contributed by atoms with Crippen LogP contribution in [0.4, 0.5) is 4.39 Å². The highest BCUT2D eigenvalue weighted by atomic mass is 79.9. The second kappa shape index (κ2) is 7.01. The van der Waals surface area contributed by atoms with Gasteiger partial charge in [-0.1, -0.05) is 31.9 Å². The van der Waals surface area contributed by atoms with Crippen molar-refractivity contribution in [2.45, 2.75) is 16.0 Å². The first-order valence-corrected chi connectivity index (χ1v) is 5.46. The molecule has 0 aliphatic rings. The fourth-order valence-electron chi connectivity index (χ4n) is 0.551. The van der Waals surface area contributed by atoms with Crippen LogP contribution in [0.5, 0.6) is 0 Å². The summed E-state index contributed by atoms with van der Waals surface area (Å²) in [5.74, 6) is 0. The molecule has 0 radical (unpaired) electrons. The Bertz CT molecular complexity index is 229. The van der Waals surface area contributed by atoms with Gasteiger partial charge >= 0.3 is 6.17 Å². The second-order valence-corrected chi connectivity index (χ2v) is 4.48. The van der Waals surface area contributed by atoms with Gasteiger partial charge in [0.15, 0.2) is 6.61 Å². The molecule has 0 N–H and O–H groups in total. The Morgan fingerprint density at radius 2 is 1.73 bits per heavy atom. The van der Waals surface area contributed by atoms with Crippen molar-refractivity contribution >= 4 is 31.9 Å². The van der Waals surface area contributed by atoms with Gasteiger partial charge < -0.3 is 4.74 Å². The van der Waals surface area contributed by atoms with Crippen molar-refractivity contribution in [1.29, 1.82) is 0 Å². The summed E-state index contributed by atoms with van der Waals surface area (Å²) in [6, 6.07) is 0. The molecule has 0 aromatic rings. The van der Waals surface area contributed by atoms with Gasteiger partial charge in [-0.05, 0) is 0 Å². The summed E-state index contributed by atoms with van der Waals surface area (Å²) >= 11 is 5.76. The SMILES string of the molecule is O=[N+]([O-])C(COC(Br)C(Br)CF)[N+](=O)[O-]. The highest BCUT2D eigenvalue weighted by Crippen LogP contribution is 2.16. The van der Waals surface area contributed by atoms with Gasteiger partial charge in [-0.25, -0.2) is 4.39 Å². The molecule has 0 saturated heterocycles. The lowest BCUT2D eigenvalue weighted by Crippen LogP contribution is -2.35. The lowest BCUT2D eigenvalue weighted by molar-refractivity contribution is -0.744. The number of hydrogen-bond acceptors (Lipinski definition) is 5. The van der Waals surface area contributed by atoms with E-state index in [9.17, 15) is 24.6 Å². The molecule has 0 heterocycles. The summed E-state index contributed by atoms with van der Waals surface area (Å²) in [5, 5.41) is 19.5. The van der Waals surface area contributed by atoms with E-state index < -0.39 is 39.1 Å². The average molecular weight is 354 g/mol. The third-order valence-electron chi connectivity index (χ3n) is 1.32. The molecule has 0 spiro atoms. The molecule has 88 valence electrons. The van der Waals surface area contributed by atoms with Crippen LogP contribution in [0, 0.1) is 20.2 Å². The maximum absolute atomic E-state index is 12.1. The van der Waals surface area contributed by atoms with Gasteiger partial charge in [0.25, 0.3) is 0 Å². The molecule has 0 aliphatic heterocycles. The van der Waals surface area contributed by atoms with E-state index in [1.54, 1.807) is 0 Å². The molecule has 0 amide bonds. The summed E-state index contributed by atoms with van der Waals surface area (Å²) in [6.45, 7) is -1.49. The molecule has 0 bridgehead atoms. The summed E-state index contributed by atoms with van der Waals surface area (Å²) in [5.41, 5.74) is 0. The Kier molecular flexibility index (Phi) is 6.85. The van der Waals surface area contributed by atoms with Crippen LogP contribution in [0.25, 0.3) is 0 Å². The van der Waals surface area contributed by atoms with Gasteiger partial charge in [0.2, 0.25) is 0 Å². The van der Waals surface area contributed by atoms with Gasteiger partial charge in [-0.2, -0.15) is 0 Å². The molecule has 10 heteroatoms. The minimum Gasteiger partial charge on any atom is -0.351 e. The Balaban J connectivity index is 4.11. The summed E-state index contributed by atoms with van der Waals surface area (Å²) < 4.78 is 16.8. The first-order valence-electron chi connectivity index (χ1n) is 3.62. The number of alkyl halides is 3. The van der Waals surface area contributed by atoms with Crippen LogP contribution in [0.15, 0.2) is 0 Å². The van der Waals surface area contributed by atoms with Gasteiger partial charge in [0, 0.05) is 0 Å². The number of hydrogen-bond donors (Lipinski definition) is 0. The van der Waals surface area contributed by atoms with Crippen LogP contribution in [0.3, 0.4) is 0 Å². The van der Waals surface area contributed by atoms with E-state index in [2.05, 4.69) is 31.9 Å². The van der Waals surface area contributed by atoms with Gasteiger partial charge in [-0.3, -0.25) is 20.2 Å². The molecule has 0 saturated carbocycles. The average Bonchev–Trinajstić information content (AvgIpc) is 2.15. The number of ether oxygens (including phenoxy) is 1. The maximum Gasteiger partial charge on any atom is 0.473 e. The lowest BCUT2D eigenvalue weighted by atomic mass is 10.5. The number of halogens is 3. The Labute approximate surface area is 101 Å². The summed E-state index contributed by atoms with van der Waals surface area (Å²) in [4.78, 5) is 17.5. The number of nitrogens with zero attached hydrogens (tertiary/aromatic N) is 2. The molecule has 0 fully saturated rings. The number of nitro groups is 2. The summed E-state index contributed by atoms with van der Waals surface area (Å²) in [7, 11) is 0. The van der Waals surface area contributed by atoms with Crippen LogP contribution in [-0.2, 0) is 4.74 Å². The van der Waals surface area contributed by atoms with E-state index in [0.29, 0.717) is 0 Å². The van der Waals surface area contributed by atoms with E-state index in [1.807, 2.05) is 0 Å². The van der Waals surface area contributed by atoms with E-state index >= 15 is 0 Å². The highest BCUT2D eigenvalue weighted by Gasteiger charge is 2.34. The van der Waals surface area contributed by atoms with Crippen molar-refractivity contribution in [3.63, 3.8) is 0 Å². The zero-order valence-electron chi connectivity index (χ0n) is 7.22. The van der Waals surface area contributed by atoms with Crippen molar-refractivity contribution in [1.82, 2.24) is 0 Å². The van der Waals surface area contributed by atoms with E-state index in [0.717, 1.165) is 0 Å². The molecular weight excluding hydrogens is 347 g/mol. The molecule has 2 unspecified atom stereocenters. The molecule has 0 rings (SSSR count). The maximum atomic E-state index is 12.1. The standard InChI is InChI=1S/C5H7Br2FN2O5/c6-3(1-8)5(7)15-2-4(9(11)12)10(13)14/h3-5H,1-2H2. The molecule has 0 aliphatic carbocycles. The third kappa shape index (κ3) is 5.33. The number of rotatable bonds is 7. The van der Waals surface area contributed by atoms with Crippen molar-refractivity contribution in [2.24, 2.45) is 0 Å². The Morgan fingerprint density at radius 1 is 1.27 bits per heavy atom. The summed E-state index contributed by atoms with van der Waals surface area (Å²) in [6.07, 6.45) is -2.04. The molecule has 15 heavy (non-hydrogen) atoms. The Hall–Kier alpha value is -0.350. The van der Waals surface area contributed by atoms with E-state index in [-0.39, 0.29) is 0 Å². The molecular formula is C5H7Br2FN2O5. The smallest absolute Gasteiger partial charge is 0.351 e. The lowest BCUT2D eigenvalue weighted by Gasteiger charge is -2.13. The van der Waals surface area contributed by atoms with Crippen molar-refractivity contribution < 1.29 is 19.0 Å². The second-order valence-electron chi connectivity index (χ2n) is 2.41. The molecule has 7 nitrogen and oxygen atoms in total. The largest absolute Gasteiger partial charge is 0.473 e. The van der Waals surface area contributed by atoms with E-state index in [4.69, 9.17) is 4.74 Å². The van der Waals surface area contributed by atoms with Crippen LogP contribution in [-0.4, -0.2) is 39.1 Å². The monoisotopic (exact) mass is 352 g/mol. The topological polar surface area (TPSA) is 95.5 Å². The van der Waals surface area contributed by atoms with Crippen molar-refractivity contribution in [3.8, 4) is 0 Å². The van der Waals surface area contributed by atoms with E-state index in [1.165, 1.54) is 0 Å². The molecule has 2 atom stereocenters. The minimum absolute atomic E-state index is 0.711. The zero-order chi connectivity index (χ0) is 12.0. The predicted octanol–water partition coefficient (Wildman–Crippen LogP) is 1.34. The zero-order valence-corrected chi connectivity index (χ0v) is 10.4. The minimum atomic E-state index is -2.04. The first kappa shape index (κ1) is 14.6. The van der Waals surface area contributed by atoms with Gasteiger partial charge in [0.05, 0.1) is 14.7 Å². The Morgan fingerprint density at radius 3 is 2.07 bits per heavy atom. The normalized spacial score (nSPS) is 14.9. The molecule has 0 aromatic heterocycles. The van der Waals surface area contributed by atoms with Crippen LogP contribution in [0.2, 0.25) is 0 Å². The fraction of sp³-hybridized carbons (Fsp3) is 1.00.